The SMILES string of the molecule is O=C(CC12CC3CC(CC(Br)(C3)C1)C2)Nc1ccc(C(=O)N2CCCC2)cc1. The van der Waals surface area contributed by atoms with Crippen LogP contribution in [0.3, 0.4) is 0 Å². The molecule has 4 bridgehead atoms. The second-order valence-corrected chi connectivity index (χ2v) is 11.6. The Kier molecular flexibility index (Phi) is 4.57. The van der Waals surface area contributed by atoms with Crippen LogP contribution in [0, 0.1) is 17.3 Å². The van der Waals surface area contributed by atoms with E-state index in [1.807, 2.05) is 29.2 Å². The van der Waals surface area contributed by atoms with Crippen molar-refractivity contribution >= 4 is 33.4 Å². The van der Waals surface area contributed by atoms with Crippen LogP contribution in [0.15, 0.2) is 24.3 Å². The van der Waals surface area contributed by atoms with E-state index in [0.29, 0.717) is 12.0 Å². The van der Waals surface area contributed by atoms with Crippen LogP contribution in [0.4, 0.5) is 5.69 Å². The summed E-state index contributed by atoms with van der Waals surface area (Å²) in [6, 6.07) is 7.42. The highest BCUT2D eigenvalue weighted by Gasteiger charge is 2.57. The van der Waals surface area contributed by atoms with E-state index >= 15 is 0 Å². The molecule has 4 aliphatic carbocycles. The highest BCUT2D eigenvalue weighted by atomic mass is 79.9. The van der Waals surface area contributed by atoms with Gasteiger partial charge in [0.2, 0.25) is 5.91 Å². The van der Waals surface area contributed by atoms with Gasteiger partial charge >= 0.3 is 0 Å². The van der Waals surface area contributed by atoms with E-state index in [-0.39, 0.29) is 21.6 Å². The fourth-order valence-corrected chi connectivity index (χ4v) is 8.40. The van der Waals surface area contributed by atoms with Crippen molar-refractivity contribution in [3.63, 3.8) is 0 Å². The smallest absolute Gasteiger partial charge is 0.253 e. The molecule has 1 aliphatic heterocycles. The Hall–Kier alpha value is -1.36. The van der Waals surface area contributed by atoms with Gasteiger partial charge in [-0.05, 0) is 92.9 Å². The molecule has 150 valence electrons. The zero-order chi connectivity index (χ0) is 19.4. The topological polar surface area (TPSA) is 49.4 Å². The third-order valence-corrected chi connectivity index (χ3v) is 8.38. The van der Waals surface area contributed by atoms with Crippen LogP contribution < -0.4 is 5.32 Å². The van der Waals surface area contributed by atoms with Crippen LogP contribution in [0.1, 0.15) is 68.1 Å². The fraction of sp³-hybridized carbons (Fsp3) is 0.652. The molecule has 0 spiro atoms. The first-order chi connectivity index (χ1) is 13.4. The third kappa shape index (κ3) is 3.51. The van der Waals surface area contributed by atoms with Crippen molar-refractivity contribution in [3.8, 4) is 0 Å². The molecular formula is C23H29BrN2O2. The number of amides is 2. The molecule has 4 nitrogen and oxygen atoms in total. The maximum atomic E-state index is 12.8. The number of carbonyl (C=O) groups is 2. The number of rotatable bonds is 4. The first-order valence-electron chi connectivity index (χ1n) is 10.8. The van der Waals surface area contributed by atoms with Crippen molar-refractivity contribution < 1.29 is 9.59 Å². The first-order valence-corrected chi connectivity index (χ1v) is 11.6. The van der Waals surface area contributed by atoms with Gasteiger partial charge in [0.05, 0.1) is 0 Å². The summed E-state index contributed by atoms with van der Waals surface area (Å²) in [6.45, 7) is 1.72. The van der Waals surface area contributed by atoms with E-state index in [1.54, 1.807) is 0 Å². The fourth-order valence-electron chi connectivity index (χ4n) is 6.89. The molecule has 0 radical (unpaired) electrons. The van der Waals surface area contributed by atoms with Crippen LogP contribution in [0.2, 0.25) is 0 Å². The Balaban J connectivity index is 1.22. The average Bonchev–Trinajstić information content (AvgIpc) is 3.13. The molecule has 6 rings (SSSR count). The Bertz CT molecular complexity index is 770. The molecule has 5 fully saturated rings. The highest BCUT2D eigenvalue weighted by molar-refractivity contribution is 9.10. The maximum Gasteiger partial charge on any atom is 0.253 e. The van der Waals surface area contributed by atoms with Gasteiger partial charge in [-0.25, -0.2) is 0 Å². The predicted molar refractivity (Wildman–Crippen MR) is 114 cm³/mol. The van der Waals surface area contributed by atoms with Crippen molar-refractivity contribution in [1.29, 1.82) is 0 Å². The summed E-state index contributed by atoms with van der Waals surface area (Å²) in [7, 11) is 0. The van der Waals surface area contributed by atoms with E-state index in [1.165, 1.54) is 32.1 Å². The first kappa shape index (κ1) is 18.7. The molecule has 1 aromatic carbocycles. The van der Waals surface area contributed by atoms with Gasteiger partial charge < -0.3 is 10.2 Å². The number of hydrogen-bond donors (Lipinski definition) is 1. The van der Waals surface area contributed by atoms with Crippen molar-refractivity contribution in [2.75, 3.05) is 18.4 Å². The summed E-state index contributed by atoms with van der Waals surface area (Å²) in [4.78, 5) is 27.2. The summed E-state index contributed by atoms with van der Waals surface area (Å²) < 4.78 is 0.287. The lowest BCUT2D eigenvalue weighted by Gasteiger charge is -2.60. The van der Waals surface area contributed by atoms with Gasteiger partial charge in [-0.15, -0.1) is 0 Å². The lowest BCUT2D eigenvalue weighted by Crippen LogP contribution is -2.53. The van der Waals surface area contributed by atoms with E-state index < -0.39 is 0 Å². The molecule has 5 heteroatoms. The van der Waals surface area contributed by atoms with Crippen molar-refractivity contribution in [3.05, 3.63) is 29.8 Å². The molecule has 2 unspecified atom stereocenters. The zero-order valence-corrected chi connectivity index (χ0v) is 18.0. The van der Waals surface area contributed by atoms with Crippen LogP contribution in [-0.2, 0) is 4.79 Å². The van der Waals surface area contributed by atoms with Gasteiger partial charge in [0, 0.05) is 35.1 Å². The zero-order valence-electron chi connectivity index (χ0n) is 16.4. The lowest BCUT2D eigenvalue weighted by molar-refractivity contribution is -0.123. The molecular weight excluding hydrogens is 416 g/mol. The standard InChI is InChI=1S/C23H29BrN2O2/c24-23-12-16-9-17(13-23)11-22(10-16,15-23)14-20(27)25-19-5-3-18(4-6-19)21(28)26-7-1-2-8-26/h3-6,16-17H,1-2,7-15H2,(H,25,27). The second kappa shape index (κ2) is 6.86. The van der Waals surface area contributed by atoms with Crippen molar-refractivity contribution in [2.45, 2.75) is 62.1 Å². The van der Waals surface area contributed by atoms with Gasteiger partial charge in [0.25, 0.3) is 5.91 Å². The molecule has 5 aliphatic rings. The van der Waals surface area contributed by atoms with Crippen LogP contribution in [0.25, 0.3) is 0 Å². The van der Waals surface area contributed by atoms with Gasteiger partial charge in [0.15, 0.2) is 0 Å². The number of alkyl halides is 1. The Morgan fingerprint density at radius 2 is 1.68 bits per heavy atom. The Morgan fingerprint density at radius 3 is 2.29 bits per heavy atom. The Morgan fingerprint density at radius 1 is 1.04 bits per heavy atom. The summed E-state index contributed by atoms with van der Waals surface area (Å²) in [5.41, 5.74) is 1.69. The van der Waals surface area contributed by atoms with E-state index in [4.69, 9.17) is 0 Å². The van der Waals surface area contributed by atoms with Gasteiger partial charge in [0.1, 0.15) is 0 Å². The minimum atomic E-state index is 0.103. The van der Waals surface area contributed by atoms with Crippen LogP contribution in [-0.4, -0.2) is 34.1 Å². The summed E-state index contributed by atoms with van der Waals surface area (Å²) >= 11 is 4.03. The molecule has 28 heavy (non-hydrogen) atoms. The molecule has 1 heterocycles. The number of nitrogens with zero attached hydrogens (tertiary/aromatic N) is 1. The monoisotopic (exact) mass is 444 g/mol. The number of carbonyl (C=O) groups excluding carboxylic acids is 2. The van der Waals surface area contributed by atoms with Crippen LogP contribution >= 0.6 is 15.9 Å². The van der Waals surface area contributed by atoms with Gasteiger partial charge in [-0.1, -0.05) is 15.9 Å². The quantitative estimate of drug-likeness (QED) is 0.665. The summed E-state index contributed by atoms with van der Waals surface area (Å²) in [6.07, 6.45) is 10.3. The van der Waals surface area contributed by atoms with E-state index in [9.17, 15) is 9.59 Å². The minimum Gasteiger partial charge on any atom is -0.339 e. The number of halogens is 1. The molecule has 1 N–H and O–H groups in total. The number of hydrogen-bond acceptors (Lipinski definition) is 2. The summed E-state index contributed by atoms with van der Waals surface area (Å²) in [5.74, 6) is 1.82. The highest BCUT2D eigenvalue weighted by Crippen LogP contribution is 2.65. The molecule has 1 saturated heterocycles. The van der Waals surface area contributed by atoms with Crippen molar-refractivity contribution in [1.82, 2.24) is 4.90 Å². The normalized spacial score (nSPS) is 36.0. The number of likely N-dealkylation sites (tertiary alicyclic amines) is 1. The molecule has 0 aromatic heterocycles. The third-order valence-electron chi connectivity index (χ3n) is 7.46. The minimum absolute atomic E-state index is 0.103. The van der Waals surface area contributed by atoms with Gasteiger partial charge in [-0.3, -0.25) is 9.59 Å². The molecule has 4 saturated carbocycles. The Labute approximate surface area is 175 Å². The van der Waals surface area contributed by atoms with Crippen LogP contribution in [0.5, 0.6) is 0 Å². The number of benzene rings is 1. The number of nitrogens with one attached hydrogen (secondary N) is 1. The van der Waals surface area contributed by atoms with E-state index in [0.717, 1.165) is 49.9 Å². The number of anilines is 1. The molecule has 1 aromatic rings. The summed E-state index contributed by atoms with van der Waals surface area (Å²) in [5, 5.41) is 3.09. The maximum absolute atomic E-state index is 12.8. The predicted octanol–water partition coefficient (Wildman–Crippen LogP) is 4.99. The van der Waals surface area contributed by atoms with Crippen molar-refractivity contribution in [2.24, 2.45) is 17.3 Å². The lowest BCUT2D eigenvalue weighted by atomic mass is 9.48. The van der Waals surface area contributed by atoms with Gasteiger partial charge in [-0.2, -0.15) is 0 Å². The molecule has 2 amide bonds. The van der Waals surface area contributed by atoms with E-state index in [2.05, 4.69) is 21.2 Å². The second-order valence-electron chi connectivity index (χ2n) is 9.91. The largest absolute Gasteiger partial charge is 0.339 e. The molecule has 2 atom stereocenters. The average molecular weight is 445 g/mol.